The van der Waals surface area contributed by atoms with Crippen LogP contribution in [0.15, 0.2) is 0 Å². The molecule has 2 aliphatic heterocycles. The van der Waals surface area contributed by atoms with Crippen LogP contribution in [0.1, 0.15) is 13.3 Å². The van der Waals surface area contributed by atoms with Crippen LogP contribution in [0.3, 0.4) is 0 Å². The van der Waals surface area contributed by atoms with E-state index < -0.39 is 60.5 Å². The first kappa shape index (κ1) is 26.8. The number of Topliss-reactive ketones (excluding diaryl/α,β-unsaturated/α-hetero) is 1. The van der Waals surface area contributed by atoms with Crippen molar-refractivity contribution >= 4 is 56.7 Å². The number of likely N-dealkylation sites (N-methyl/N-ethyl adjacent to an activating group) is 2. The van der Waals surface area contributed by atoms with Gasteiger partial charge in [0.1, 0.15) is 18.3 Å². The van der Waals surface area contributed by atoms with Crippen molar-refractivity contribution in [3.8, 4) is 0 Å². The fraction of sp³-hybridized carbons (Fsp3) is 0.929. The number of ketones is 1. The van der Waals surface area contributed by atoms with Crippen molar-refractivity contribution in [2.45, 2.75) is 68.0 Å². The molecule has 1 saturated carbocycles. The molecule has 0 amide bonds. The standard InChI is InChI=1S/C14H24N2O7.3BrH/c1-5-4-6(17)14(20)13(21-5)22-12-10(19)7(15-2)9(18)8(16-3)11(12)23-14;;;/h5,7-13,15-16,18-20H,4H2,1-3H3;3*1H/t5-,7-,8+,9-,10+,11-,12-,13+,14+;;;/m1.../s1. The lowest BCUT2D eigenvalue weighted by Crippen LogP contribution is -2.77. The highest BCUT2D eigenvalue weighted by molar-refractivity contribution is 8.93. The summed E-state index contributed by atoms with van der Waals surface area (Å²) in [5.74, 6) is -2.76. The maximum atomic E-state index is 12.2. The third-order valence-electron chi connectivity index (χ3n) is 4.93. The number of nitrogens with one attached hydrogen (secondary N) is 2. The van der Waals surface area contributed by atoms with Crippen molar-refractivity contribution in [2.24, 2.45) is 0 Å². The van der Waals surface area contributed by atoms with Gasteiger partial charge in [-0.15, -0.1) is 50.9 Å². The summed E-state index contributed by atoms with van der Waals surface area (Å²) < 4.78 is 16.8. The lowest BCUT2D eigenvalue weighted by molar-refractivity contribution is -0.420. The molecule has 1 aliphatic carbocycles. The molecule has 2 heterocycles. The second-order valence-electron chi connectivity index (χ2n) is 6.40. The fourth-order valence-corrected chi connectivity index (χ4v) is 3.68. The molecule has 3 fully saturated rings. The predicted octanol–water partition coefficient (Wildman–Crippen LogP) is -1.19. The highest BCUT2D eigenvalue weighted by Gasteiger charge is 2.63. The molecule has 0 spiro atoms. The van der Waals surface area contributed by atoms with E-state index in [1.807, 2.05) is 0 Å². The molecule has 12 heteroatoms. The normalized spacial score (nSPS) is 47.4. The van der Waals surface area contributed by atoms with E-state index in [1.165, 1.54) is 0 Å². The molecular weight excluding hydrogens is 548 g/mol. The number of carbonyl (C=O) groups is 1. The van der Waals surface area contributed by atoms with Crippen LogP contribution < -0.4 is 10.6 Å². The number of rotatable bonds is 2. The van der Waals surface area contributed by atoms with E-state index in [4.69, 9.17) is 14.2 Å². The maximum Gasteiger partial charge on any atom is 0.280 e. The highest BCUT2D eigenvalue weighted by Crippen LogP contribution is 2.40. The second kappa shape index (κ2) is 10.0. The Labute approximate surface area is 183 Å². The maximum absolute atomic E-state index is 12.2. The Morgan fingerprint density at radius 1 is 1.00 bits per heavy atom. The summed E-state index contributed by atoms with van der Waals surface area (Å²) in [6.45, 7) is 1.70. The van der Waals surface area contributed by atoms with Crippen LogP contribution in [0.4, 0.5) is 0 Å². The van der Waals surface area contributed by atoms with Gasteiger partial charge in [0.25, 0.3) is 5.79 Å². The molecule has 2 saturated heterocycles. The molecule has 0 aromatic carbocycles. The van der Waals surface area contributed by atoms with Crippen molar-refractivity contribution < 1.29 is 34.3 Å². The molecule has 9 nitrogen and oxygen atoms in total. The third-order valence-corrected chi connectivity index (χ3v) is 4.93. The van der Waals surface area contributed by atoms with Gasteiger partial charge in [-0.1, -0.05) is 0 Å². The van der Waals surface area contributed by atoms with Crippen molar-refractivity contribution in [2.75, 3.05) is 14.1 Å². The van der Waals surface area contributed by atoms with Gasteiger partial charge in [-0.05, 0) is 21.0 Å². The van der Waals surface area contributed by atoms with Gasteiger partial charge in [-0.25, -0.2) is 0 Å². The average Bonchev–Trinajstić information content (AvgIpc) is 2.49. The van der Waals surface area contributed by atoms with Gasteiger partial charge in [0.05, 0.1) is 24.3 Å². The van der Waals surface area contributed by atoms with Crippen LogP contribution in [0.5, 0.6) is 0 Å². The fourth-order valence-electron chi connectivity index (χ4n) is 3.68. The molecule has 0 bridgehead atoms. The zero-order valence-electron chi connectivity index (χ0n) is 14.5. The largest absolute Gasteiger partial charge is 0.390 e. The van der Waals surface area contributed by atoms with Crippen molar-refractivity contribution in [3.63, 3.8) is 0 Å². The summed E-state index contributed by atoms with van der Waals surface area (Å²) in [5.41, 5.74) is 0. The minimum absolute atomic E-state index is 0. The number of carbonyl (C=O) groups excluding carboxylic acids is 1. The lowest BCUT2D eigenvalue weighted by atomic mass is 9.80. The first-order chi connectivity index (χ1) is 10.8. The van der Waals surface area contributed by atoms with E-state index in [0.717, 1.165) is 0 Å². The zero-order valence-corrected chi connectivity index (χ0v) is 19.7. The Morgan fingerprint density at radius 3 is 2.12 bits per heavy atom. The lowest BCUT2D eigenvalue weighted by Gasteiger charge is -2.55. The Hall–Kier alpha value is 0.790. The smallest absolute Gasteiger partial charge is 0.280 e. The molecule has 0 aromatic rings. The average molecular weight is 575 g/mol. The van der Waals surface area contributed by atoms with Crippen LogP contribution in [0, 0.1) is 0 Å². The minimum Gasteiger partial charge on any atom is -0.390 e. The van der Waals surface area contributed by atoms with Gasteiger partial charge in [-0.2, -0.15) is 0 Å². The number of fused-ring (bicyclic) bond motifs is 2. The SMILES string of the molecule is Br.Br.Br.CN[C@@H]1[C@@H](O)[C@H](NC)[C@H]2O[C@@]3(O)C(=O)C[C@@H](C)O[C@H]3O[C@@H]2[C@H]1O. The quantitative estimate of drug-likeness (QED) is 0.276. The van der Waals surface area contributed by atoms with Gasteiger partial charge in [0.2, 0.25) is 6.29 Å². The van der Waals surface area contributed by atoms with Crippen LogP contribution in [0.2, 0.25) is 0 Å². The molecular formula is C14H27Br3N2O7. The van der Waals surface area contributed by atoms with E-state index in [0.29, 0.717) is 0 Å². The minimum atomic E-state index is -2.23. The summed E-state index contributed by atoms with van der Waals surface area (Å²) in [5, 5.41) is 37.2. The first-order valence-electron chi connectivity index (χ1n) is 7.78. The Morgan fingerprint density at radius 2 is 1.58 bits per heavy atom. The Bertz CT molecular complexity index is 491. The summed E-state index contributed by atoms with van der Waals surface area (Å²) in [6, 6.07) is -1.29. The van der Waals surface area contributed by atoms with E-state index in [2.05, 4.69) is 10.6 Å². The van der Waals surface area contributed by atoms with Crippen LogP contribution in [-0.4, -0.2) is 89.9 Å². The third kappa shape index (κ3) is 4.20. The van der Waals surface area contributed by atoms with Crippen LogP contribution >= 0.6 is 50.9 Å². The number of aliphatic hydroxyl groups is 3. The molecule has 0 unspecified atom stereocenters. The Balaban J connectivity index is 0.00000208. The summed E-state index contributed by atoms with van der Waals surface area (Å²) >= 11 is 0. The van der Waals surface area contributed by atoms with Gasteiger partial charge in [-0.3, -0.25) is 4.79 Å². The molecule has 0 radical (unpaired) electrons. The molecule has 5 N–H and O–H groups in total. The number of halogens is 3. The first-order valence-corrected chi connectivity index (χ1v) is 7.78. The molecule has 9 atom stereocenters. The van der Waals surface area contributed by atoms with Crippen LogP contribution in [0.25, 0.3) is 0 Å². The molecule has 3 aliphatic rings. The topological polar surface area (TPSA) is 130 Å². The molecule has 26 heavy (non-hydrogen) atoms. The Kier molecular flexibility index (Phi) is 10.3. The van der Waals surface area contributed by atoms with Gasteiger partial charge < -0.3 is 40.2 Å². The number of aliphatic hydroxyl groups excluding tert-OH is 2. The van der Waals surface area contributed by atoms with E-state index in [1.54, 1.807) is 21.0 Å². The van der Waals surface area contributed by atoms with Crippen LogP contribution in [-0.2, 0) is 19.0 Å². The van der Waals surface area contributed by atoms with Crippen molar-refractivity contribution in [1.82, 2.24) is 10.6 Å². The highest BCUT2D eigenvalue weighted by atomic mass is 79.9. The van der Waals surface area contributed by atoms with Crippen molar-refractivity contribution in [1.29, 1.82) is 0 Å². The number of hydrogen-bond donors (Lipinski definition) is 5. The van der Waals surface area contributed by atoms with Gasteiger partial charge >= 0.3 is 0 Å². The van der Waals surface area contributed by atoms with Crippen molar-refractivity contribution in [3.05, 3.63) is 0 Å². The number of ether oxygens (including phenoxy) is 3. The zero-order chi connectivity index (χ0) is 16.9. The molecule has 0 aromatic heterocycles. The van der Waals surface area contributed by atoms with E-state index in [9.17, 15) is 20.1 Å². The predicted molar refractivity (Wildman–Crippen MR) is 107 cm³/mol. The summed E-state index contributed by atoms with van der Waals surface area (Å²) in [4.78, 5) is 12.2. The molecule has 156 valence electrons. The van der Waals surface area contributed by atoms with Gasteiger partial charge in [0, 0.05) is 6.42 Å². The summed E-state index contributed by atoms with van der Waals surface area (Å²) in [7, 11) is 3.24. The summed E-state index contributed by atoms with van der Waals surface area (Å²) in [6.07, 6.45) is -5.58. The number of hydrogen-bond acceptors (Lipinski definition) is 9. The van der Waals surface area contributed by atoms with Gasteiger partial charge in [0.15, 0.2) is 5.78 Å². The monoisotopic (exact) mass is 572 g/mol. The molecule has 3 rings (SSSR count). The van der Waals surface area contributed by atoms with E-state index in [-0.39, 0.29) is 57.4 Å². The second-order valence-corrected chi connectivity index (χ2v) is 6.40. The van der Waals surface area contributed by atoms with E-state index >= 15 is 0 Å².